The molecule has 0 aromatic heterocycles. The van der Waals surface area contributed by atoms with Crippen molar-refractivity contribution in [2.24, 2.45) is 0 Å². The minimum atomic E-state index is -1.06. The van der Waals surface area contributed by atoms with E-state index in [1.54, 1.807) is 11.9 Å². The molecule has 3 atom stereocenters. The Morgan fingerprint density at radius 2 is 1.86 bits per heavy atom. The van der Waals surface area contributed by atoms with Gasteiger partial charge in [0.2, 0.25) is 11.8 Å². The maximum Gasteiger partial charge on any atom is 0.224 e. The van der Waals surface area contributed by atoms with Gasteiger partial charge >= 0.3 is 0 Å². The Labute approximate surface area is 205 Å². The van der Waals surface area contributed by atoms with E-state index in [-0.39, 0.29) is 31.2 Å². The zero-order chi connectivity index (χ0) is 25.8. The number of piperidine rings is 1. The van der Waals surface area contributed by atoms with Gasteiger partial charge in [0, 0.05) is 39.5 Å². The third kappa shape index (κ3) is 6.86. The molecule has 1 fully saturated rings. The van der Waals surface area contributed by atoms with Crippen LogP contribution >= 0.6 is 0 Å². The zero-order valence-corrected chi connectivity index (χ0v) is 20.8. The molecule has 2 amide bonds. The number of carbonyl (C=O) groups is 2. The molecule has 190 valence electrons. The lowest BCUT2D eigenvalue weighted by molar-refractivity contribution is -0.135. The first kappa shape index (κ1) is 26.8. The number of amides is 2. The first-order chi connectivity index (χ1) is 16.5. The van der Waals surface area contributed by atoms with Gasteiger partial charge in [0.15, 0.2) is 0 Å². The fourth-order valence-electron chi connectivity index (χ4n) is 4.63. The highest BCUT2D eigenvalue weighted by Crippen LogP contribution is 2.35. The summed E-state index contributed by atoms with van der Waals surface area (Å²) in [6.07, 6.45) is -0.124. The van der Waals surface area contributed by atoms with Crippen molar-refractivity contribution in [3.05, 3.63) is 70.8 Å². The molecule has 0 aliphatic carbocycles. The Kier molecular flexibility index (Phi) is 8.61. The summed E-state index contributed by atoms with van der Waals surface area (Å²) in [5.74, 6) is -1.48. The van der Waals surface area contributed by atoms with Gasteiger partial charge in [-0.3, -0.25) is 9.59 Å². The number of aliphatic hydroxyl groups excluding tert-OH is 1. The summed E-state index contributed by atoms with van der Waals surface area (Å²) in [7, 11) is 1.77. The standard InChI is InChI=1S/C27H35F2N3O3/c1-17(2)20-6-5-7-21(13-20)27(8-9-32(4)26(35)15-27)30-16-25(34)24(31-18(3)33)12-19-10-22(28)14-23(29)11-19/h5-7,10-11,13-14,17,24-25,30,34H,8-9,12,15-16H2,1-4H3,(H,31,33)/t24-,25+,27?/m0/s1. The van der Waals surface area contributed by atoms with E-state index in [0.29, 0.717) is 24.4 Å². The van der Waals surface area contributed by atoms with Crippen LogP contribution in [0.4, 0.5) is 8.78 Å². The predicted octanol–water partition coefficient (Wildman–Crippen LogP) is 3.23. The highest BCUT2D eigenvalue weighted by molar-refractivity contribution is 5.78. The Morgan fingerprint density at radius 1 is 1.17 bits per heavy atom. The Balaban J connectivity index is 1.84. The second-order valence-electron chi connectivity index (χ2n) is 9.84. The normalized spacial score (nSPS) is 20.1. The number of hydrogen-bond acceptors (Lipinski definition) is 4. The summed E-state index contributed by atoms with van der Waals surface area (Å²) >= 11 is 0. The molecule has 1 heterocycles. The smallest absolute Gasteiger partial charge is 0.224 e. The van der Waals surface area contributed by atoms with E-state index in [1.807, 2.05) is 12.1 Å². The van der Waals surface area contributed by atoms with Crippen LogP contribution in [0.15, 0.2) is 42.5 Å². The van der Waals surface area contributed by atoms with E-state index >= 15 is 0 Å². The summed E-state index contributed by atoms with van der Waals surface area (Å²) < 4.78 is 27.4. The quantitative estimate of drug-likeness (QED) is 0.507. The van der Waals surface area contributed by atoms with Crippen LogP contribution in [0.1, 0.15) is 56.2 Å². The molecule has 1 aliphatic heterocycles. The van der Waals surface area contributed by atoms with Gasteiger partial charge in [0.05, 0.1) is 17.7 Å². The van der Waals surface area contributed by atoms with E-state index in [1.165, 1.54) is 19.1 Å². The van der Waals surface area contributed by atoms with E-state index in [4.69, 9.17) is 0 Å². The largest absolute Gasteiger partial charge is 0.390 e. The summed E-state index contributed by atoms with van der Waals surface area (Å²) in [6.45, 7) is 6.18. The number of halogens is 2. The van der Waals surface area contributed by atoms with Gasteiger partial charge in [0.25, 0.3) is 0 Å². The average molecular weight is 488 g/mol. The van der Waals surface area contributed by atoms with Crippen molar-refractivity contribution in [1.82, 2.24) is 15.5 Å². The topological polar surface area (TPSA) is 81.7 Å². The summed E-state index contributed by atoms with van der Waals surface area (Å²) in [6, 6.07) is 10.5. The molecular formula is C27H35F2N3O3. The average Bonchev–Trinajstić information content (AvgIpc) is 2.78. The molecule has 3 rings (SSSR count). The van der Waals surface area contributed by atoms with Gasteiger partial charge in [-0.2, -0.15) is 0 Å². The zero-order valence-electron chi connectivity index (χ0n) is 20.8. The summed E-state index contributed by atoms with van der Waals surface area (Å²) in [5.41, 5.74) is 1.77. The lowest BCUT2D eigenvalue weighted by Crippen LogP contribution is -2.56. The molecule has 0 spiro atoms. The number of benzene rings is 2. The summed E-state index contributed by atoms with van der Waals surface area (Å²) in [5, 5.41) is 17.2. The highest BCUT2D eigenvalue weighted by Gasteiger charge is 2.40. The molecule has 1 unspecified atom stereocenters. The first-order valence-electron chi connectivity index (χ1n) is 12.0. The molecular weight excluding hydrogens is 452 g/mol. The molecule has 1 aliphatic rings. The lowest BCUT2D eigenvalue weighted by atomic mass is 9.79. The van der Waals surface area contributed by atoms with Crippen molar-refractivity contribution < 1.29 is 23.5 Å². The third-order valence-corrected chi connectivity index (χ3v) is 6.74. The second-order valence-corrected chi connectivity index (χ2v) is 9.84. The Bertz CT molecular complexity index is 1040. The SMILES string of the molecule is CC(=O)N[C@@H](Cc1cc(F)cc(F)c1)[C@H](O)CNC1(c2cccc(C(C)C)c2)CCN(C)C(=O)C1. The molecule has 0 radical (unpaired) electrons. The van der Waals surface area contributed by atoms with Gasteiger partial charge < -0.3 is 20.6 Å². The number of hydrogen-bond donors (Lipinski definition) is 3. The fourth-order valence-corrected chi connectivity index (χ4v) is 4.63. The van der Waals surface area contributed by atoms with Crippen molar-refractivity contribution in [1.29, 1.82) is 0 Å². The highest BCUT2D eigenvalue weighted by atomic mass is 19.1. The number of rotatable bonds is 9. The van der Waals surface area contributed by atoms with E-state index in [0.717, 1.165) is 17.2 Å². The minimum absolute atomic E-state index is 0.00170. The molecule has 3 N–H and O–H groups in total. The number of nitrogens with one attached hydrogen (secondary N) is 2. The van der Waals surface area contributed by atoms with Crippen molar-refractivity contribution in [3.63, 3.8) is 0 Å². The molecule has 2 aromatic carbocycles. The molecule has 8 heteroatoms. The Morgan fingerprint density at radius 3 is 2.46 bits per heavy atom. The van der Waals surface area contributed by atoms with Crippen LogP contribution in [0.2, 0.25) is 0 Å². The number of aliphatic hydroxyl groups is 1. The minimum Gasteiger partial charge on any atom is -0.390 e. The third-order valence-electron chi connectivity index (χ3n) is 6.74. The van der Waals surface area contributed by atoms with Gasteiger partial charge in [-0.25, -0.2) is 8.78 Å². The van der Waals surface area contributed by atoms with Crippen molar-refractivity contribution in [2.45, 2.75) is 63.6 Å². The molecule has 0 bridgehead atoms. The Hall–Kier alpha value is -2.84. The predicted molar refractivity (Wildman–Crippen MR) is 131 cm³/mol. The van der Waals surface area contributed by atoms with Crippen molar-refractivity contribution in [3.8, 4) is 0 Å². The molecule has 6 nitrogen and oxygen atoms in total. The molecule has 1 saturated heterocycles. The molecule has 0 saturated carbocycles. The van der Waals surface area contributed by atoms with Crippen LogP contribution in [-0.4, -0.2) is 54.1 Å². The maximum absolute atomic E-state index is 13.7. The molecule has 2 aromatic rings. The fraction of sp³-hybridized carbons (Fsp3) is 0.481. The second kappa shape index (κ2) is 11.3. The van der Waals surface area contributed by atoms with Crippen LogP contribution in [0.3, 0.4) is 0 Å². The number of likely N-dealkylation sites (tertiary alicyclic amines) is 1. The lowest BCUT2D eigenvalue weighted by Gasteiger charge is -2.42. The van der Waals surface area contributed by atoms with E-state index in [2.05, 4.69) is 36.6 Å². The van der Waals surface area contributed by atoms with Crippen molar-refractivity contribution >= 4 is 11.8 Å². The summed E-state index contributed by atoms with van der Waals surface area (Å²) in [4.78, 5) is 26.2. The molecule has 35 heavy (non-hydrogen) atoms. The van der Waals surface area contributed by atoms with Crippen LogP contribution in [-0.2, 0) is 21.5 Å². The van der Waals surface area contributed by atoms with Crippen LogP contribution in [0, 0.1) is 11.6 Å². The van der Waals surface area contributed by atoms with Gasteiger partial charge in [-0.05, 0) is 47.6 Å². The van der Waals surface area contributed by atoms with Gasteiger partial charge in [-0.15, -0.1) is 0 Å². The monoisotopic (exact) mass is 487 g/mol. The number of nitrogens with zero attached hydrogens (tertiary/aromatic N) is 1. The van der Waals surface area contributed by atoms with Gasteiger partial charge in [0.1, 0.15) is 11.6 Å². The van der Waals surface area contributed by atoms with E-state index < -0.39 is 29.3 Å². The van der Waals surface area contributed by atoms with E-state index in [9.17, 15) is 23.5 Å². The van der Waals surface area contributed by atoms with Crippen LogP contribution in [0.5, 0.6) is 0 Å². The first-order valence-corrected chi connectivity index (χ1v) is 12.0. The maximum atomic E-state index is 13.7. The number of carbonyl (C=O) groups excluding carboxylic acids is 2. The van der Waals surface area contributed by atoms with Crippen molar-refractivity contribution in [2.75, 3.05) is 20.1 Å². The van der Waals surface area contributed by atoms with Crippen LogP contribution in [0.25, 0.3) is 0 Å². The van der Waals surface area contributed by atoms with Crippen LogP contribution < -0.4 is 10.6 Å². The van der Waals surface area contributed by atoms with Gasteiger partial charge in [-0.1, -0.05) is 38.1 Å².